The molecule has 8 fully saturated rings. The number of unbranched alkanes of at least 4 members (excludes halogenated alkanes) is 2. The summed E-state index contributed by atoms with van der Waals surface area (Å²) < 4.78 is 0. The molecule has 18 atom stereocenters. The lowest BCUT2D eigenvalue weighted by molar-refractivity contribution is -0.118. The smallest absolute Gasteiger partial charge is 0.00701 e. The van der Waals surface area contributed by atoms with Crippen molar-refractivity contribution in [2.45, 2.75) is 287 Å². The molecule has 480 valence electrons. The van der Waals surface area contributed by atoms with E-state index in [0.717, 1.165) is 173 Å². The van der Waals surface area contributed by atoms with E-state index in [1.54, 1.807) is 25.7 Å². The summed E-state index contributed by atoms with van der Waals surface area (Å²) >= 11 is 0. The molecule has 8 aliphatic rings. The lowest BCUT2D eigenvalue weighted by Crippen LogP contribution is -2.55. The SMILES string of the molecule is CC(C)CCCC(C)[C@H]1CCC2C3CC[C@H]4C[C@@H](NCCCNCCCCNCCCN)CC[C@]4(C)C3CC[C@@]21C.CC(C)CCCC(C)[C@H]1CCC2C3CC[C@H]4C[C@H](NCCCNCCCCNCCCN)CC[C@]4(C)C3CC[C@@]21C. The van der Waals surface area contributed by atoms with Gasteiger partial charge < -0.3 is 43.4 Å². The average molecular weight is 1150 g/mol. The maximum Gasteiger partial charge on any atom is 0.00701 e. The van der Waals surface area contributed by atoms with Gasteiger partial charge in [-0.15, -0.1) is 0 Å². The Hall–Kier alpha value is -0.320. The van der Waals surface area contributed by atoms with Crippen LogP contribution in [0.4, 0.5) is 0 Å². The number of hydrogen-bond donors (Lipinski definition) is 8. The first-order valence-corrected chi connectivity index (χ1v) is 37.3. The van der Waals surface area contributed by atoms with Crippen molar-refractivity contribution in [1.82, 2.24) is 31.9 Å². The van der Waals surface area contributed by atoms with Crippen molar-refractivity contribution in [2.24, 2.45) is 116 Å². The van der Waals surface area contributed by atoms with Gasteiger partial charge in [0.25, 0.3) is 0 Å². The summed E-state index contributed by atoms with van der Waals surface area (Å²) in [5.41, 5.74) is 13.6. The fourth-order valence-corrected chi connectivity index (χ4v) is 21.9. The van der Waals surface area contributed by atoms with Gasteiger partial charge in [-0.2, -0.15) is 0 Å². The molecule has 8 rings (SSSR count). The van der Waals surface area contributed by atoms with Crippen molar-refractivity contribution in [3.8, 4) is 0 Å². The zero-order chi connectivity index (χ0) is 58.6. The van der Waals surface area contributed by atoms with E-state index in [9.17, 15) is 0 Å². The van der Waals surface area contributed by atoms with Crippen LogP contribution in [0.5, 0.6) is 0 Å². The van der Waals surface area contributed by atoms with Crippen LogP contribution >= 0.6 is 0 Å². The average Bonchev–Trinajstić information content (AvgIpc) is 1.67. The summed E-state index contributed by atoms with van der Waals surface area (Å²) in [7, 11) is 0. The highest BCUT2D eigenvalue weighted by Crippen LogP contribution is 2.70. The van der Waals surface area contributed by atoms with Crippen molar-refractivity contribution in [2.75, 3.05) is 78.5 Å². The normalized spacial score (nSPS) is 37.5. The molecular formula is C74H144N8. The molecule has 0 aliphatic heterocycles. The number of rotatable bonds is 36. The van der Waals surface area contributed by atoms with Crippen molar-refractivity contribution in [1.29, 1.82) is 0 Å². The van der Waals surface area contributed by atoms with Gasteiger partial charge in [-0.05, 0) is 350 Å². The maximum absolute atomic E-state index is 5.55. The van der Waals surface area contributed by atoms with Gasteiger partial charge in [-0.3, -0.25) is 0 Å². The van der Waals surface area contributed by atoms with Gasteiger partial charge in [0, 0.05) is 12.1 Å². The zero-order valence-corrected chi connectivity index (χ0v) is 56.5. The molecule has 8 unspecified atom stereocenters. The van der Waals surface area contributed by atoms with E-state index in [1.807, 2.05) is 0 Å². The van der Waals surface area contributed by atoms with Crippen LogP contribution in [-0.2, 0) is 0 Å². The Morgan fingerprint density at radius 1 is 0.341 bits per heavy atom. The van der Waals surface area contributed by atoms with Gasteiger partial charge in [-0.25, -0.2) is 0 Å². The van der Waals surface area contributed by atoms with E-state index in [2.05, 4.69) is 101 Å². The molecule has 0 aromatic rings. The third-order valence-electron chi connectivity index (χ3n) is 26.7. The van der Waals surface area contributed by atoms with Crippen LogP contribution in [0.2, 0.25) is 0 Å². The standard InChI is InChI=1S/2C37H72N4/c2*1-28(2)11-8-12-29(3)33-15-16-34-32-14-13-30-27-31(17-19-36(30,4)35(32)18-20-37(33,34)5)41-26-10-25-40-23-7-6-22-39-24-9-21-38/h2*28-35,39-41H,6-27,38H2,1-5H3/t29?,30-,31+,32?,33+,34?,35?,36-,37+;29?,30-,31-,32?,33+,34?,35?,36-,37+/m00/s1. The molecule has 10 N–H and O–H groups in total. The predicted molar refractivity (Wildman–Crippen MR) is 356 cm³/mol. The Morgan fingerprint density at radius 2 is 0.683 bits per heavy atom. The molecule has 82 heavy (non-hydrogen) atoms. The highest BCUT2D eigenvalue weighted by molar-refractivity contribution is 5.12. The molecule has 0 aromatic heterocycles. The minimum atomic E-state index is 0.615. The molecule has 8 saturated carbocycles. The van der Waals surface area contributed by atoms with Gasteiger partial charge in [-0.1, -0.05) is 108 Å². The Morgan fingerprint density at radius 3 is 1.05 bits per heavy atom. The Balaban J connectivity index is 0.000000236. The number of nitrogens with one attached hydrogen (secondary N) is 6. The van der Waals surface area contributed by atoms with Gasteiger partial charge in [0.15, 0.2) is 0 Å². The summed E-state index contributed by atoms with van der Waals surface area (Å²) in [6.45, 7) is 38.8. The Bertz CT molecular complexity index is 1600. The van der Waals surface area contributed by atoms with Crippen molar-refractivity contribution in [3.05, 3.63) is 0 Å². The third-order valence-corrected chi connectivity index (χ3v) is 26.7. The minimum absolute atomic E-state index is 0.615. The summed E-state index contributed by atoms with van der Waals surface area (Å²) in [5, 5.41) is 22.3. The van der Waals surface area contributed by atoms with Crippen LogP contribution in [0.3, 0.4) is 0 Å². The first kappa shape index (κ1) is 69.2. The predicted octanol–water partition coefficient (Wildman–Crippen LogP) is 15.5. The van der Waals surface area contributed by atoms with Crippen LogP contribution in [-0.4, -0.2) is 90.6 Å². The largest absolute Gasteiger partial charge is 0.330 e. The topological polar surface area (TPSA) is 124 Å². The highest BCUT2D eigenvalue weighted by atomic mass is 14.9. The lowest BCUT2D eigenvalue weighted by Gasteiger charge is -2.61. The van der Waals surface area contributed by atoms with Crippen molar-refractivity contribution in [3.63, 3.8) is 0 Å². The van der Waals surface area contributed by atoms with Gasteiger partial charge in [0.05, 0.1) is 0 Å². The lowest BCUT2D eigenvalue weighted by atomic mass is 9.44. The molecular weight excluding hydrogens is 1000 g/mol. The molecule has 0 radical (unpaired) electrons. The molecule has 0 amide bonds. The number of nitrogens with two attached hydrogens (primary N) is 2. The van der Waals surface area contributed by atoms with Crippen molar-refractivity contribution < 1.29 is 0 Å². The molecule has 0 aromatic carbocycles. The van der Waals surface area contributed by atoms with Crippen molar-refractivity contribution >= 4 is 0 Å². The second kappa shape index (κ2) is 34.6. The Labute approximate surface area is 510 Å². The molecule has 0 saturated heterocycles. The number of hydrogen-bond acceptors (Lipinski definition) is 8. The quantitative estimate of drug-likeness (QED) is 0.0292. The summed E-state index contributed by atoms with van der Waals surface area (Å²) in [4.78, 5) is 0. The first-order chi connectivity index (χ1) is 39.6. The summed E-state index contributed by atoms with van der Waals surface area (Å²) in [5.74, 6) is 13.6. The first-order valence-electron chi connectivity index (χ1n) is 37.3. The number of fused-ring (bicyclic) bond motifs is 10. The monoisotopic (exact) mass is 1150 g/mol. The van der Waals surface area contributed by atoms with Crippen LogP contribution in [0, 0.1) is 105 Å². The van der Waals surface area contributed by atoms with E-state index < -0.39 is 0 Å². The molecule has 0 bridgehead atoms. The molecule has 0 spiro atoms. The molecule has 8 heteroatoms. The van der Waals surface area contributed by atoms with Gasteiger partial charge in [0.1, 0.15) is 0 Å². The molecule has 8 aliphatic carbocycles. The fourth-order valence-electron chi connectivity index (χ4n) is 21.9. The minimum Gasteiger partial charge on any atom is -0.330 e. The van der Waals surface area contributed by atoms with E-state index in [1.165, 1.54) is 180 Å². The second-order valence-electron chi connectivity index (χ2n) is 32.6. The molecule has 8 nitrogen and oxygen atoms in total. The van der Waals surface area contributed by atoms with Crippen LogP contribution < -0.4 is 43.4 Å². The Kier molecular flexibility index (Phi) is 29.2. The zero-order valence-electron chi connectivity index (χ0n) is 56.5. The molecule has 0 heterocycles. The summed E-state index contributed by atoms with van der Waals surface area (Å²) in [6.07, 6.45) is 45.5. The maximum atomic E-state index is 5.55. The highest BCUT2D eigenvalue weighted by Gasteiger charge is 2.62. The van der Waals surface area contributed by atoms with E-state index >= 15 is 0 Å². The van der Waals surface area contributed by atoms with E-state index in [0.29, 0.717) is 21.7 Å². The summed E-state index contributed by atoms with van der Waals surface area (Å²) in [6, 6.07) is 1.53. The van der Waals surface area contributed by atoms with Gasteiger partial charge in [0.2, 0.25) is 0 Å². The van der Waals surface area contributed by atoms with Gasteiger partial charge >= 0.3 is 0 Å². The second-order valence-corrected chi connectivity index (χ2v) is 32.6. The fraction of sp³-hybridized carbons (Fsp3) is 1.00. The van der Waals surface area contributed by atoms with E-state index in [4.69, 9.17) is 11.5 Å². The van der Waals surface area contributed by atoms with Crippen LogP contribution in [0.1, 0.15) is 275 Å². The third kappa shape index (κ3) is 18.4. The van der Waals surface area contributed by atoms with Crippen LogP contribution in [0.25, 0.3) is 0 Å². The van der Waals surface area contributed by atoms with Crippen LogP contribution in [0.15, 0.2) is 0 Å². The van der Waals surface area contributed by atoms with E-state index in [-0.39, 0.29) is 0 Å².